The lowest BCUT2D eigenvalue weighted by Crippen LogP contribution is -2.32. The highest BCUT2D eigenvalue weighted by atomic mass is 16.5. The Bertz CT molecular complexity index is 670. The molecule has 0 unspecified atom stereocenters. The van der Waals surface area contributed by atoms with Crippen molar-refractivity contribution in [3.8, 4) is 5.75 Å². The quantitative estimate of drug-likeness (QED) is 0.812. The van der Waals surface area contributed by atoms with Crippen molar-refractivity contribution >= 4 is 11.6 Å². The van der Waals surface area contributed by atoms with Gasteiger partial charge in [-0.3, -0.25) is 4.79 Å². The fourth-order valence-electron chi connectivity index (χ4n) is 2.49. The molecular weight excluding hydrogens is 298 g/mol. The standard InChI is InChI=1S/C21H27NO2/c1-15(2)24-19-12-10-18(11-13-19)22-20(23)21(4,5)14-17-8-6-16(3)7-9-17/h6-13,15H,14H2,1-5H3,(H,22,23). The molecule has 1 amide bonds. The monoisotopic (exact) mass is 325 g/mol. The van der Waals surface area contributed by atoms with Crippen LogP contribution in [-0.2, 0) is 11.2 Å². The number of nitrogens with one attached hydrogen (secondary N) is 1. The zero-order valence-electron chi connectivity index (χ0n) is 15.2. The van der Waals surface area contributed by atoms with E-state index in [-0.39, 0.29) is 12.0 Å². The topological polar surface area (TPSA) is 38.3 Å². The van der Waals surface area contributed by atoms with Crippen LogP contribution in [0.5, 0.6) is 5.75 Å². The second-order valence-electron chi connectivity index (χ2n) is 7.19. The molecular formula is C21H27NO2. The lowest BCUT2D eigenvalue weighted by molar-refractivity contribution is -0.123. The van der Waals surface area contributed by atoms with Crippen molar-refractivity contribution < 1.29 is 9.53 Å². The Kier molecular flexibility index (Phi) is 5.66. The second-order valence-corrected chi connectivity index (χ2v) is 7.19. The summed E-state index contributed by atoms with van der Waals surface area (Å²) in [5.41, 5.74) is 2.70. The normalized spacial score (nSPS) is 11.4. The number of hydrogen-bond donors (Lipinski definition) is 1. The van der Waals surface area contributed by atoms with Crippen LogP contribution in [0.4, 0.5) is 5.69 Å². The van der Waals surface area contributed by atoms with Crippen LogP contribution in [-0.4, -0.2) is 12.0 Å². The maximum absolute atomic E-state index is 12.6. The molecule has 0 radical (unpaired) electrons. The largest absolute Gasteiger partial charge is 0.491 e. The number of ether oxygens (including phenoxy) is 1. The fourth-order valence-corrected chi connectivity index (χ4v) is 2.49. The maximum atomic E-state index is 12.6. The highest BCUT2D eigenvalue weighted by Gasteiger charge is 2.28. The Morgan fingerprint density at radius 3 is 2.17 bits per heavy atom. The minimum absolute atomic E-state index is 0.0144. The van der Waals surface area contributed by atoms with Crippen LogP contribution in [0.2, 0.25) is 0 Å². The zero-order valence-corrected chi connectivity index (χ0v) is 15.2. The van der Waals surface area contributed by atoms with Gasteiger partial charge in [0.2, 0.25) is 5.91 Å². The average Bonchev–Trinajstić information content (AvgIpc) is 2.51. The zero-order chi connectivity index (χ0) is 17.7. The maximum Gasteiger partial charge on any atom is 0.230 e. The Labute approximate surface area is 145 Å². The molecule has 0 fully saturated rings. The number of rotatable bonds is 6. The Morgan fingerprint density at radius 2 is 1.62 bits per heavy atom. The molecule has 0 spiro atoms. The first-order chi connectivity index (χ1) is 11.3. The molecule has 3 nitrogen and oxygen atoms in total. The van der Waals surface area contributed by atoms with Gasteiger partial charge in [0.05, 0.1) is 6.10 Å². The minimum atomic E-state index is -0.484. The van der Waals surface area contributed by atoms with Crippen LogP contribution in [0.15, 0.2) is 48.5 Å². The summed E-state index contributed by atoms with van der Waals surface area (Å²) in [4.78, 5) is 12.6. The minimum Gasteiger partial charge on any atom is -0.491 e. The number of hydrogen-bond acceptors (Lipinski definition) is 2. The average molecular weight is 325 g/mol. The van der Waals surface area contributed by atoms with Crippen LogP contribution in [0, 0.1) is 12.3 Å². The number of amides is 1. The van der Waals surface area contributed by atoms with Gasteiger partial charge in [-0.1, -0.05) is 43.7 Å². The van der Waals surface area contributed by atoms with Gasteiger partial charge in [0, 0.05) is 11.1 Å². The first-order valence-corrected chi connectivity index (χ1v) is 8.40. The second kappa shape index (κ2) is 7.52. The molecule has 128 valence electrons. The summed E-state index contributed by atoms with van der Waals surface area (Å²) < 4.78 is 5.62. The Balaban J connectivity index is 2.00. The van der Waals surface area contributed by atoms with Gasteiger partial charge in [-0.2, -0.15) is 0 Å². The molecule has 0 aliphatic carbocycles. The molecule has 0 saturated carbocycles. The van der Waals surface area contributed by atoms with Gasteiger partial charge in [0.15, 0.2) is 0 Å². The summed E-state index contributed by atoms with van der Waals surface area (Å²) in [5, 5.41) is 3.00. The predicted octanol–water partition coefficient (Wildman–Crippen LogP) is 4.99. The number of carbonyl (C=O) groups excluding carboxylic acids is 1. The van der Waals surface area contributed by atoms with Gasteiger partial charge in [-0.25, -0.2) is 0 Å². The first kappa shape index (κ1) is 18.1. The van der Waals surface area contributed by atoms with E-state index in [1.807, 2.05) is 52.0 Å². The molecule has 0 atom stereocenters. The molecule has 0 aromatic heterocycles. The summed E-state index contributed by atoms with van der Waals surface area (Å²) in [6.45, 7) is 9.98. The summed E-state index contributed by atoms with van der Waals surface area (Å²) >= 11 is 0. The van der Waals surface area contributed by atoms with E-state index in [1.165, 1.54) is 11.1 Å². The molecule has 0 aliphatic heterocycles. The van der Waals surface area contributed by atoms with Gasteiger partial charge in [0.25, 0.3) is 0 Å². The van der Waals surface area contributed by atoms with Gasteiger partial charge in [0.1, 0.15) is 5.75 Å². The Morgan fingerprint density at radius 1 is 1.04 bits per heavy atom. The molecule has 0 bridgehead atoms. The number of aryl methyl sites for hydroxylation is 1. The molecule has 24 heavy (non-hydrogen) atoms. The van der Waals surface area contributed by atoms with Crippen molar-refractivity contribution in [1.82, 2.24) is 0 Å². The number of anilines is 1. The van der Waals surface area contributed by atoms with Crippen LogP contribution >= 0.6 is 0 Å². The van der Waals surface area contributed by atoms with Crippen LogP contribution in [0.25, 0.3) is 0 Å². The molecule has 1 N–H and O–H groups in total. The van der Waals surface area contributed by atoms with Gasteiger partial charge in [-0.15, -0.1) is 0 Å². The van der Waals surface area contributed by atoms with E-state index in [1.54, 1.807) is 0 Å². The van der Waals surface area contributed by atoms with Crippen LogP contribution < -0.4 is 10.1 Å². The van der Waals surface area contributed by atoms with E-state index >= 15 is 0 Å². The number of benzene rings is 2. The van der Waals surface area contributed by atoms with E-state index in [4.69, 9.17) is 4.74 Å². The summed E-state index contributed by atoms with van der Waals surface area (Å²) in [6, 6.07) is 15.8. The third kappa shape index (κ3) is 5.12. The first-order valence-electron chi connectivity index (χ1n) is 8.40. The summed E-state index contributed by atoms with van der Waals surface area (Å²) in [7, 11) is 0. The number of carbonyl (C=O) groups is 1. The molecule has 0 saturated heterocycles. The van der Waals surface area contributed by atoms with Gasteiger partial charge < -0.3 is 10.1 Å². The molecule has 2 aromatic rings. The van der Waals surface area contributed by atoms with Gasteiger partial charge >= 0.3 is 0 Å². The van der Waals surface area contributed by atoms with Crippen molar-refractivity contribution in [2.75, 3.05) is 5.32 Å². The third-order valence-corrected chi connectivity index (χ3v) is 3.87. The van der Waals surface area contributed by atoms with Crippen molar-refractivity contribution in [1.29, 1.82) is 0 Å². The summed E-state index contributed by atoms with van der Waals surface area (Å²) in [6.07, 6.45) is 0.840. The molecule has 0 aliphatic rings. The fraction of sp³-hybridized carbons (Fsp3) is 0.381. The van der Waals surface area contributed by atoms with E-state index in [0.717, 1.165) is 11.4 Å². The van der Waals surface area contributed by atoms with Crippen molar-refractivity contribution in [2.24, 2.45) is 5.41 Å². The summed E-state index contributed by atoms with van der Waals surface area (Å²) in [5.74, 6) is 0.822. The molecule has 2 rings (SSSR count). The molecule has 0 heterocycles. The SMILES string of the molecule is Cc1ccc(CC(C)(C)C(=O)Nc2ccc(OC(C)C)cc2)cc1. The van der Waals surface area contributed by atoms with Crippen LogP contribution in [0.1, 0.15) is 38.8 Å². The van der Waals surface area contributed by atoms with E-state index in [0.29, 0.717) is 6.42 Å². The van der Waals surface area contributed by atoms with E-state index < -0.39 is 5.41 Å². The van der Waals surface area contributed by atoms with Crippen molar-refractivity contribution in [3.05, 3.63) is 59.7 Å². The molecule has 3 heteroatoms. The third-order valence-electron chi connectivity index (χ3n) is 3.87. The lowest BCUT2D eigenvalue weighted by Gasteiger charge is -2.24. The highest BCUT2D eigenvalue weighted by Crippen LogP contribution is 2.25. The molecule has 2 aromatic carbocycles. The lowest BCUT2D eigenvalue weighted by atomic mass is 9.84. The van der Waals surface area contributed by atoms with Gasteiger partial charge in [-0.05, 0) is 57.0 Å². The van der Waals surface area contributed by atoms with Crippen molar-refractivity contribution in [2.45, 2.75) is 47.1 Å². The predicted molar refractivity (Wildman–Crippen MR) is 99.5 cm³/mol. The van der Waals surface area contributed by atoms with E-state index in [9.17, 15) is 4.79 Å². The van der Waals surface area contributed by atoms with Crippen LogP contribution in [0.3, 0.4) is 0 Å². The Hall–Kier alpha value is -2.29. The highest BCUT2D eigenvalue weighted by molar-refractivity contribution is 5.95. The van der Waals surface area contributed by atoms with E-state index in [2.05, 4.69) is 36.5 Å². The smallest absolute Gasteiger partial charge is 0.230 e. The van der Waals surface area contributed by atoms with Crippen molar-refractivity contribution in [3.63, 3.8) is 0 Å².